The second-order valence-corrected chi connectivity index (χ2v) is 3.76. The third kappa shape index (κ3) is 1.48. The number of pyridine rings is 1. The van der Waals surface area contributed by atoms with Gasteiger partial charge in [-0.1, -0.05) is 6.58 Å². The van der Waals surface area contributed by atoms with Crippen molar-refractivity contribution >= 4 is 23.7 Å². The molecule has 3 N–H and O–H groups in total. The van der Waals surface area contributed by atoms with E-state index in [2.05, 4.69) is 26.7 Å². The molecule has 84 valence electrons. The van der Waals surface area contributed by atoms with E-state index >= 15 is 0 Å². The van der Waals surface area contributed by atoms with Crippen LogP contribution in [0.15, 0.2) is 29.3 Å². The van der Waals surface area contributed by atoms with E-state index in [1.807, 2.05) is 18.3 Å². The van der Waals surface area contributed by atoms with Gasteiger partial charge in [0.25, 0.3) is 5.56 Å². The summed E-state index contributed by atoms with van der Waals surface area (Å²) in [6.07, 6.45) is 5.33. The van der Waals surface area contributed by atoms with Gasteiger partial charge in [0.15, 0.2) is 0 Å². The fraction of sp³-hybridized carbons (Fsp3) is 0. The number of hydrogen-bond donors (Lipinski definition) is 3. The predicted molar refractivity (Wildman–Crippen MR) is 65.8 cm³/mol. The summed E-state index contributed by atoms with van der Waals surface area (Å²) in [5.74, 6) is 0. The average molecular weight is 226 g/mol. The van der Waals surface area contributed by atoms with Crippen LogP contribution in [0, 0.1) is 0 Å². The van der Waals surface area contributed by atoms with Crippen LogP contribution in [0.1, 0.15) is 5.56 Å². The topological polar surface area (TPSA) is 77.3 Å². The zero-order chi connectivity index (χ0) is 11.8. The maximum absolute atomic E-state index is 11.5. The van der Waals surface area contributed by atoms with Gasteiger partial charge in [-0.3, -0.25) is 15.0 Å². The zero-order valence-electron chi connectivity index (χ0n) is 8.95. The van der Waals surface area contributed by atoms with E-state index in [0.29, 0.717) is 10.6 Å². The molecular formula is C12H10N4O. The van der Waals surface area contributed by atoms with Gasteiger partial charge in [0.2, 0.25) is 0 Å². The SMILES string of the molecule is C=c1[nH][nH]c(=O)c1=Cc1c[nH]c2ncccc12. The second-order valence-electron chi connectivity index (χ2n) is 3.76. The minimum Gasteiger partial charge on any atom is -0.346 e. The third-order valence-electron chi connectivity index (χ3n) is 2.68. The molecule has 0 aliphatic heterocycles. The Morgan fingerprint density at radius 2 is 2.24 bits per heavy atom. The molecular weight excluding hydrogens is 216 g/mol. The Labute approximate surface area is 95.5 Å². The molecule has 3 rings (SSSR count). The average Bonchev–Trinajstić information content (AvgIpc) is 2.88. The second kappa shape index (κ2) is 3.48. The number of fused-ring (bicyclic) bond motifs is 1. The summed E-state index contributed by atoms with van der Waals surface area (Å²) < 4.78 is 0. The summed E-state index contributed by atoms with van der Waals surface area (Å²) in [7, 11) is 0. The summed E-state index contributed by atoms with van der Waals surface area (Å²) in [5.41, 5.74) is 1.55. The summed E-state index contributed by atoms with van der Waals surface area (Å²) >= 11 is 0. The van der Waals surface area contributed by atoms with Gasteiger partial charge in [0, 0.05) is 23.3 Å². The Hall–Kier alpha value is -2.56. The van der Waals surface area contributed by atoms with Crippen molar-refractivity contribution in [1.82, 2.24) is 20.2 Å². The Balaban J connectivity index is 2.35. The van der Waals surface area contributed by atoms with Crippen LogP contribution < -0.4 is 16.1 Å². The van der Waals surface area contributed by atoms with Crippen LogP contribution in [0.25, 0.3) is 23.7 Å². The van der Waals surface area contributed by atoms with Crippen LogP contribution in [-0.4, -0.2) is 20.2 Å². The first-order valence-corrected chi connectivity index (χ1v) is 5.15. The van der Waals surface area contributed by atoms with Gasteiger partial charge in [0.1, 0.15) is 5.65 Å². The first-order valence-electron chi connectivity index (χ1n) is 5.15. The Morgan fingerprint density at radius 3 is 3.00 bits per heavy atom. The van der Waals surface area contributed by atoms with Crippen LogP contribution in [0.4, 0.5) is 0 Å². The number of nitrogens with zero attached hydrogens (tertiary/aromatic N) is 1. The number of H-pyrrole nitrogens is 3. The highest BCUT2D eigenvalue weighted by Gasteiger charge is 2.01. The van der Waals surface area contributed by atoms with E-state index < -0.39 is 0 Å². The number of aromatic nitrogens is 4. The van der Waals surface area contributed by atoms with E-state index in [1.54, 1.807) is 12.3 Å². The lowest BCUT2D eigenvalue weighted by atomic mass is 10.2. The van der Waals surface area contributed by atoms with Crippen molar-refractivity contribution in [1.29, 1.82) is 0 Å². The molecule has 17 heavy (non-hydrogen) atoms. The van der Waals surface area contributed by atoms with Crippen molar-refractivity contribution in [2.24, 2.45) is 0 Å². The monoisotopic (exact) mass is 226 g/mol. The number of rotatable bonds is 1. The molecule has 0 saturated carbocycles. The number of aromatic amines is 3. The molecule has 0 fully saturated rings. The van der Waals surface area contributed by atoms with Crippen molar-refractivity contribution in [2.45, 2.75) is 0 Å². The van der Waals surface area contributed by atoms with Crippen molar-refractivity contribution in [3.8, 4) is 0 Å². The maximum atomic E-state index is 11.5. The van der Waals surface area contributed by atoms with E-state index in [0.717, 1.165) is 16.6 Å². The molecule has 0 spiro atoms. The van der Waals surface area contributed by atoms with Crippen LogP contribution in [0.3, 0.4) is 0 Å². The highest BCUT2D eigenvalue weighted by atomic mass is 16.1. The third-order valence-corrected chi connectivity index (χ3v) is 2.68. The van der Waals surface area contributed by atoms with Crippen molar-refractivity contribution in [3.63, 3.8) is 0 Å². The minimum absolute atomic E-state index is 0.173. The molecule has 3 heterocycles. The van der Waals surface area contributed by atoms with Crippen LogP contribution in [0.5, 0.6) is 0 Å². The minimum atomic E-state index is -0.173. The predicted octanol–water partition coefficient (Wildman–Crippen LogP) is -0.182. The highest BCUT2D eigenvalue weighted by molar-refractivity contribution is 5.85. The van der Waals surface area contributed by atoms with Crippen molar-refractivity contribution < 1.29 is 0 Å². The lowest BCUT2D eigenvalue weighted by Crippen LogP contribution is -2.32. The molecule has 0 unspecified atom stereocenters. The van der Waals surface area contributed by atoms with Gasteiger partial charge in [-0.25, -0.2) is 4.98 Å². The largest absolute Gasteiger partial charge is 0.346 e. The van der Waals surface area contributed by atoms with Crippen molar-refractivity contribution in [3.05, 3.63) is 51.0 Å². The van der Waals surface area contributed by atoms with E-state index in [9.17, 15) is 4.79 Å². The van der Waals surface area contributed by atoms with Gasteiger partial charge in [-0.05, 0) is 18.2 Å². The standard InChI is InChI=1S/C12H10N4O/c1-7-10(12(17)16-15-7)5-8-6-14-11-9(8)3-2-4-13-11/h2-6,15H,1H2,(H,13,14)(H,16,17). The lowest BCUT2D eigenvalue weighted by Gasteiger charge is -1.88. The smallest absolute Gasteiger partial charge is 0.271 e. The molecule has 0 saturated heterocycles. The molecule has 0 atom stereocenters. The highest BCUT2D eigenvalue weighted by Crippen LogP contribution is 2.15. The van der Waals surface area contributed by atoms with Crippen molar-refractivity contribution in [2.75, 3.05) is 0 Å². The number of nitrogens with one attached hydrogen (secondary N) is 3. The molecule has 0 aliphatic carbocycles. The normalized spacial score (nSPS) is 12.4. The van der Waals surface area contributed by atoms with Gasteiger partial charge in [-0.15, -0.1) is 0 Å². The quantitative estimate of drug-likeness (QED) is 0.538. The molecule has 0 aromatic carbocycles. The van der Waals surface area contributed by atoms with Gasteiger partial charge < -0.3 is 4.98 Å². The van der Waals surface area contributed by atoms with Gasteiger partial charge in [0.05, 0.1) is 10.6 Å². The molecule has 3 aromatic rings. The summed E-state index contributed by atoms with van der Waals surface area (Å²) in [4.78, 5) is 18.8. The van der Waals surface area contributed by atoms with Gasteiger partial charge >= 0.3 is 0 Å². The Bertz CT molecular complexity index is 807. The van der Waals surface area contributed by atoms with E-state index in [1.165, 1.54) is 0 Å². The van der Waals surface area contributed by atoms with Crippen LogP contribution in [0.2, 0.25) is 0 Å². The van der Waals surface area contributed by atoms with E-state index in [-0.39, 0.29) is 5.56 Å². The van der Waals surface area contributed by atoms with Gasteiger partial charge in [-0.2, -0.15) is 0 Å². The summed E-state index contributed by atoms with van der Waals surface area (Å²) in [6.45, 7) is 3.76. The Morgan fingerprint density at radius 1 is 1.35 bits per heavy atom. The fourth-order valence-corrected chi connectivity index (χ4v) is 1.81. The van der Waals surface area contributed by atoms with E-state index in [4.69, 9.17) is 0 Å². The molecule has 5 nitrogen and oxygen atoms in total. The molecule has 5 heteroatoms. The first kappa shape index (κ1) is 9.65. The molecule has 0 aliphatic rings. The first-order chi connectivity index (χ1) is 8.25. The van der Waals surface area contributed by atoms with Crippen LogP contribution >= 0.6 is 0 Å². The molecule has 0 amide bonds. The Kier molecular flexibility index (Phi) is 1.98. The molecule has 0 radical (unpaired) electrons. The maximum Gasteiger partial charge on any atom is 0.271 e. The summed E-state index contributed by atoms with van der Waals surface area (Å²) in [5, 5.41) is 7.28. The fourth-order valence-electron chi connectivity index (χ4n) is 1.81. The zero-order valence-corrected chi connectivity index (χ0v) is 8.95. The lowest BCUT2D eigenvalue weighted by molar-refractivity contribution is 1.04. The molecule has 3 aromatic heterocycles. The number of hydrogen-bond acceptors (Lipinski definition) is 2. The van der Waals surface area contributed by atoms with Crippen LogP contribution in [-0.2, 0) is 0 Å². The molecule has 0 bridgehead atoms. The summed E-state index contributed by atoms with van der Waals surface area (Å²) in [6, 6.07) is 3.81.